The van der Waals surface area contributed by atoms with Crippen LogP contribution in [-0.2, 0) is 4.74 Å². The van der Waals surface area contributed by atoms with Crippen LogP contribution in [0.5, 0.6) is 0 Å². The second kappa shape index (κ2) is 8.12. The average molecular weight is 439 g/mol. The van der Waals surface area contributed by atoms with Crippen molar-refractivity contribution in [2.75, 3.05) is 25.1 Å². The number of benzene rings is 1. The molecule has 3 heterocycles. The number of esters is 1. The minimum absolute atomic E-state index is 0.302. The summed E-state index contributed by atoms with van der Waals surface area (Å²) in [4.78, 5) is 20.8. The maximum Gasteiger partial charge on any atom is 0.339 e. The summed E-state index contributed by atoms with van der Waals surface area (Å²) < 4.78 is 6.86. The Hall–Kier alpha value is -2.65. The zero-order chi connectivity index (χ0) is 21.4. The number of carbonyl (C=O) groups is 1. The molecule has 2 N–H and O–H groups in total. The molecule has 2 fully saturated rings. The van der Waals surface area contributed by atoms with E-state index in [0.717, 1.165) is 53.7 Å². The molecular formula is C22H26N6O2S. The number of hydrogen-bond donors (Lipinski definition) is 1. The van der Waals surface area contributed by atoms with Crippen LogP contribution in [-0.4, -0.2) is 51.8 Å². The Bertz CT molecular complexity index is 1110. The van der Waals surface area contributed by atoms with Crippen LogP contribution < -0.4 is 10.6 Å². The lowest BCUT2D eigenvalue weighted by molar-refractivity contribution is 0.0597. The van der Waals surface area contributed by atoms with E-state index >= 15 is 0 Å². The number of fused-ring (bicyclic) bond motifs is 1. The lowest BCUT2D eigenvalue weighted by Gasteiger charge is -2.42. The molecule has 1 aliphatic carbocycles. The third kappa shape index (κ3) is 3.55. The molecule has 9 heteroatoms. The molecule has 0 amide bonds. The van der Waals surface area contributed by atoms with Gasteiger partial charge in [0.1, 0.15) is 6.33 Å². The van der Waals surface area contributed by atoms with Crippen molar-refractivity contribution >= 4 is 29.3 Å². The number of carbonyl (C=O) groups excluding carboxylic acids is 1. The second-order valence-corrected chi connectivity index (χ2v) is 9.47. The molecule has 1 saturated carbocycles. The van der Waals surface area contributed by atoms with Gasteiger partial charge in [-0.15, -0.1) is 10.2 Å². The van der Waals surface area contributed by atoms with Gasteiger partial charge in [-0.3, -0.25) is 0 Å². The number of nitrogens with zero attached hydrogens (tertiary/aromatic N) is 5. The Morgan fingerprint density at radius 3 is 2.77 bits per heavy atom. The highest BCUT2D eigenvalue weighted by atomic mass is 32.2. The highest BCUT2D eigenvalue weighted by molar-refractivity contribution is 7.99. The Kier molecular flexibility index (Phi) is 5.31. The second-order valence-electron chi connectivity index (χ2n) is 8.38. The maximum atomic E-state index is 12.1. The van der Waals surface area contributed by atoms with Crippen molar-refractivity contribution in [3.05, 3.63) is 42.4 Å². The summed E-state index contributed by atoms with van der Waals surface area (Å²) >= 11 is 1.44. The van der Waals surface area contributed by atoms with E-state index in [-0.39, 0.29) is 5.97 Å². The number of ether oxygens (including phenoxy) is 1. The predicted octanol–water partition coefficient (Wildman–Crippen LogP) is 3.16. The highest BCUT2D eigenvalue weighted by Crippen LogP contribution is 2.46. The van der Waals surface area contributed by atoms with Gasteiger partial charge in [-0.1, -0.05) is 30.3 Å². The fourth-order valence-corrected chi connectivity index (χ4v) is 5.96. The largest absolute Gasteiger partial charge is 0.465 e. The summed E-state index contributed by atoms with van der Waals surface area (Å²) in [7, 11) is 1.39. The summed E-state index contributed by atoms with van der Waals surface area (Å²) in [5, 5.41) is 8.47. The zero-order valence-electron chi connectivity index (χ0n) is 17.5. The maximum absolute atomic E-state index is 12.1. The number of aromatic nitrogens is 4. The van der Waals surface area contributed by atoms with E-state index in [9.17, 15) is 4.79 Å². The number of rotatable bonds is 4. The molecule has 1 aromatic carbocycles. The normalized spacial score (nSPS) is 20.5. The fourth-order valence-electron chi connectivity index (χ4n) is 4.98. The van der Waals surface area contributed by atoms with Crippen LogP contribution in [0.2, 0.25) is 0 Å². The van der Waals surface area contributed by atoms with Crippen LogP contribution in [0.3, 0.4) is 0 Å². The predicted molar refractivity (Wildman–Crippen MR) is 118 cm³/mol. The van der Waals surface area contributed by atoms with Crippen LogP contribution in [0.15, 0.2) is 46.6 Å². The molecule has 31 heavy (non-hydrogen) atoms. The smallest absolute Gasteiger partial charge is 0.339 e. The van der Waals surface area contributed by atoms with Gasteiger partial charge in [-0.25, -0.2) is 14.2 Å². The van der Waals surface area contributed by atoms with E-state index in [1.54, 1.807) is 12.4 Å². The van der Waals surface area contributed by atoms with E-state index < -0.39 is 0 Å². The SMILES string of the molecule is COC(=O)c1ccccc1Sc1cnc(N2CCC3(CCC[C@H]3N)CC2)n2cnnc12. The lowest BCUT2D eigenvalue weighted by Crippen LogP contribution is -2.47. The first-order valence-corrected chi connectivity index (χ1v) is 11.5. The Morgan fingerprint density at radius 1 is 1.23 bits per heavy atom. The molecule has 162 valence electrons. The third-order valence-corrected chi connectivity index (χ3v) is 7.90. The third-order valence-electron chi connectivity index (χ3n) is 6.81. The van der Waals surface area contributed by atoms with Crippen LogP contribution >= 0.6 is 11.8 Å². The lowest BCUT2D eigenvalue weighted by atomic mass is 9.74. The Balaban J connectivity index is 1.42. The van der Waals surface area contributed by atoms with E-state index in [4.69, 9.17) is 15.5 Å². The summed E-state index contributed by atoms with van der Waals surface area (Å²) in [5.74, 6) is 0.490. The number of hydrogen-bond acceptors (Lipinski definition) is 8. The molecule has 3 aromatic rings. The van der Waals surface area contributed by atoms with Crippen molar-refractivity contribution < 1.29 is 9.53 Å². The van der Waals surface area contributed by atoms with Gasteiger partial charge in [0.15, 0.2) is 5.65 Å². The summed E-state index contributed by atoms with van der Waals surface area (Å²) in [6.45, 7) is 1.87. The van der Waals surface area contributed by atoms with Gasteiger partial charge >= 0.3 is 5.97 Å². The van der Waals surface area contributed by atoms with Crippen molar-refractivity contribution in [3.63, 3.8) is 0 Å². The van der Waals surface area contributed by atoms with E-state index in [0.29, 0.717) is 17.0 Å². The summed E-state index contributed by atoms with van der Waals surface area (Å²) in [6, 6.07) is 7.70. The molecular weight excluding hydrogens is 412 g/mol. The van der Waals surface area contributed by atoms with E-state index in [1.807, 2.05) is 28.8 Å². The molecule has 0 bridgehead atoms. The Labute approximate surface area is 185 Å². The van der Waals surface area contributed by atoms with Crippen molar-refractivity contribution in [1.29, 1.82) is 0 Å². The van der Waals surface area contributed by atoms with Gasteiger partial charge in [0, 0.05) is 30.2 Å². The van der Waals surface area contributed by atoms with Gasteiger partial charge in [-0.2, -0.15) is 0 Å². The number of anilines is 1. The summed E-state index contributed by atoms with van der Waals surface area (Å²) in [6.07, 6.45) is 9.36. The van der Waals surface area contributed by atoms with Crippen LogP contribution in [0.4, 0.5) is 5.95 Å². The number of piperidine rings is 1. The quantitative estimate of drug-likeness (QED) is 0.620. The molecule has 0 radical (unpaired) electrons. The molecule has 1 atom stereocenters. The van der Waals surface area contributed by atoms with Crippen molar-refractivity contribution in [2.45, 2.75) is 47.9 Å². The molecule has 1 spiro atoms. The molecule has 2 aromatic heterocycles. The van der Waals surface area contributed by atoms with E-state index in [2.05, 4.69) is 15.1 Å². The van der Waals surface area contributed by atoms with Crippen molar-refractivity contribution in [2.24, 2.45) is 11.1 Å². The zero-order valence-corrected chi connectivity index (χ0v) is 18.3. The standard InChI is InChI=1S/C22H26N6O2S/c1-30-20(29)15-5-2-3-6-16(15)31-17-13-24-21(28-14-25-26-19(17)28)27-11-9-22(10-12-27)8-4-7-18(22)23/h2-3,5-6,13-14,18H,4,7-12,23H2,1H3/t18-/m1/s1. The van der Waals surface area contributed by atoms with Gasteiger partial charge < -0.3 is 15.4 Å². The van der Waals surface area contributed by atoms with Gasteiger partial charge in [-0.05, 0) is 43.2 Å². The van der Waals surface area contributed by atoms with Crippen molar-refractivity contribution in [1.82, 2.24) is 19.6 Å². The monoisotopic (exact) mass is 438 g/mol. The van der Waals surface area contributed by atoms with Gasteiger partial charge in [0.25, 0.3) is 0 Å². The molecule has 1 aliphatic heterocycles. The molecule has 1 saturated heterocycles. The van der Waals surface area contributed by atoms with E-state index in [1.165, 1.54) is 31.7 Å². The molecule has 0 unspecified atom stereocenters. The molecule has 2 aliphatic rings. The first kappa shape index (κ1) is 20.3. The number of methoxy groups -OCH3 is 1. The fraction of sp³-hybridized carbons (Fsp3) is 0.455. The molecule has 8 nitrogen and oxygen atoms in total. The minimum atomic E-state index is -0.363. The van der Waals surface area contributed by atoms with Crippen LogP contribution in [0.1, 0.15) is 42.5 Å². The molecule has 5 rings (SSSR count). The van der Waals surface area contributed by atoms with Crippen LogP contribution in [0, 0.1) is 5.41 Å². The summed E-state index contributed by atoms with van der Waals surface area (Å²) in [5.41, 5.74) is 7.99. The first-order valence-electron chi connectivity index (χ1n) is 10.7. The van der Waals surface area contributed by atoms with Crippen LogP contribution in [0.25, 0.3) is 5.65 Å². The topological polar surface area (TPSA) is 98.6 Å². The highest BCUT2D eigenvalue weighted by Gasteiger charge is 2.43. The number of nitrogens with two attached hydrogens (primary N) is 1. The van der Waals surface area contributed by atoms with Crippen molar-refractivity contribution in [3.8, 4) is 0 Å². The van der Waals surface area contributed by atoms with Gasteiger partial charge in [0.05, 0.1) is 17.6 Å². The first-order chi connectivity index (χ1) is 15.1. The Morgan fingerprint density at radius 2 is 2.03 bits per heavy atom. The minimum Gasteiger partial charge on any atom is -0.465 e. The van der Waals surface area contributed by atoms with Gasteiger partial charge in [0.2, 0.25) is 5.95 Å². The average Bonchev–Trinajstić information content (AvgIpc) is 3.43.